The number of aldehydes is 1. The third-order valence-electron chi connectivity index (χ3n) is 5.55. The minimum atomic E-state index is 0.351. The summed E-state index contributed by atoms with van der Waals surface area (Å²) in [6.45, 7) is 10.6. The molecule has 0 amide bonds. The van der Waals surface area contributed by atoms with Crippen molar-refractivity contribution in [2.45, 2.75) is 20.8 Å². The molecule has 2 N–H and O–H groups in total. The molecule has 1 aliphatic heterocycles. The highest BCUT2D eigenvalue weighted by molar-refractivity contribution is 6.38. The first-order chi connectivity index (χ1) is 15.4. The molecular formula is C26H23Cl2N2O2+. The lowest BCUT2D eigenvalue weighted by Crippen LogP contribution is -2.76. The van der Waals surface area contributed by atoms with Crippen LogP contribution in [0.1, 0.15) is 28.4 Å². The molecule has 162 valence electrons. The Bertz CT molecular complexity index is 1420. The van der Waals surface area contributed by atoms with Gasteiger partial charge in [0.05, 0.1) is 11.1 Å². The maximum Gasteiger partial charge on any atom is 0.204 e. The standard InChI is InChI=1S/C26H22Cl2N2O2/c1-5-29-21-11-23-16(9-14(21)3)25(26-18(13-31)19(27)7-8-20(26)28)17-10-15(4)22(30-6-2)12-24(17)32-23/h5,7-13,29H,1,6H2,2-4H3/p+1. The molecule has 1 heterocycles. The molecule has 4 nitrogen and oxygen atoms in total. The van der Waals surface area contributed by atoms with E-state index in [-0.39, 0.29) is 0 Å². The monoisotopic (exact) mass is 465 g/mol. The van der Waals surface area contributed by atoms with E-state index in [0.29, 0.717) is 32.5 Å². The Balaban J connectivity index is 2.26. The fourth-order valence-corrected chi connectivity index (χ4v) is 4.51. The molecule has 2 aliphatic rings. The van der Waals surface area contributed by atoms with E-state index in [2.05, 4.69) is 23.0 Å². The fraction of sp³-hybridized carbons (Fsp3) is 0.154. The van der Waals surface area contributed by atoms with Gasteiger partial charge in [-0.15, -0.1) is 0 Å². The molecule has 0 saturated heterocycles. The van der Waals surface area contributed by atoms with Gasteiger partial charge in [0.2, 0.25) is 5.36 Å². The van der Waals surface area contributed by atoms with E-state index < -0.39 is 0 Å². The van der Waals surface area contributed by atoms with E-state index in [1.54, 1.807) is 18.3 Å². The molecular weight excluding hydrogens is 443 g/mol. The van der Waals surface area contributed by atoms with E-state index in [1.807, 2.05) is 39.0 Å². The van der Waals surface area contributed by atoms with Crippen LogP contribution >= 0.6 is 23.2 Å². The van der Waals surface area contributed by atoms with E-state index in [9.17, 15) is 4.79 Å². The maximum absolute atomic E-state index is 12.1. The van der Waals surface area contributed by atoms with Gasteiger partial charge in [-0.3, -0.25) is 4.79 Å². The summed E-state index contributed by atoms with van der Waals surface area (Å²) in [5, 5.41) is 5.77. The van der Waals surface area contributed by atoms with Crippen LogP contribution < -0.4 is 15.7 Å². The van der Waals surface area contributed by atoms with Crippen molar-refractivity contribution < 1.29 is 14.2 Å². The smallest absolute Gasteiger partial charge is 0.204 e. The second-order valence-electron chi connectivity index (χ2n) is 7.62. The lowest BCUT2D eigenvalue weighted by Gasteiger charge is -2.19. The van der Waals surface area contributed by atoms with Crippen LogP contribution in [0.15, 0.2) is 53.6 Å². The SMILES string of the molecule is C=CNc1cc2oc3cc(=[NH+]CC)c(C)cc-3c(-c3c(Cl)ccc(Cl)c3C=O)c2cc1C. The van der Waals surface area contributed by atoms with Crippen molar-refractivity contribution in [3.63, 3.8) is 0 Å². The van der Waals surface area contributed by atoms with Gasteiger partial charge in [0.15, 0.2) is 6.29 Å². The fourth-order valence-electron chi connectivity index (χ4n) is 4.05. The molecule has 0 saturated carbocycles. The lowest BCUT2D eigenvalue weighted by molar-refractivity contribution is -0.496. The molecule has 0 atom stereocenters. The Morgan fingerprint density at radius 2 is 1.81 bits per heavy atom. The van der Waals surface area contributed by atoms with Gasteiger partial charge in [-0.25, -0.2) is 4.99 Å². The largest absolute Gasteiger partial charge is 0.456 e. The Morgan fingerprint density at radius 3 is 2.50 bits per heavy atom. The summed E-state index contributed by atoms with van der Waals surface area (Å²) in [4.78, 5) is 15.4. The number of carbonyl (C=O) groups is 1. The van der Waals surface area contributed by atoms with Crippen molar-refractivity contribution in [1.82, 2.24) is 0 Å². The molecule has 2 aromatic rings. The average Bonchev–Trinajstić information content (AvgIpc) is 2.76. The van der Waals surface area contributed by atoms with E-state index in [4.69, 9.17) is 27.6 Å². The van der Waals surface area contributed by atoms with Gasteiger partial charge in [0.1, 0.15) is 17.9 Å². The van der Waals surface area contributed by atoms with Crippen LogP contribution in [0.25, 0.3) is 33.4 Å². The van der Waals surface area contributed by atoms with Gasteiger partial charge < -0.3 is 9.73 Å². The van der Waals surface area contributed by atoms with Crippen molar-refractivity contribution in [2.24, 2.45) is 0 Å². The normalized spacial score (nSPS) is 11.8. The lowest BCUT2D eigenvalue weighted by atomic mass is 9.89. The van der Waals surface area contributed by atoms with E-state index >= 15 is 0 Å². The summed E-state index contributed by atoms with van der Waals surface area (Å²) >= 11 is 13.1. The zero-order valence-corrected chi connectivity index (χ0v) is 19.6. The minimum Gasteiger partial charge on any atom is -0.456 e. The summed E-state index contributed by atoms with van der Waals surface area (Å²) < 4.78 is 6.36. The van der Waals surface area contributed by atoms with Crippen LogP contribution in [0.2, 0.25) is 10.0 Å². The molecule has 1 aliphatic carbocycles. The number of nitrogens with one attached hydrogen (secondary N) is 2. The number of benzene rings is 3. The van der Waals surface area contributed by atoms with Gasteiger partial charge in [-0.05, 0) is 56.8 Å². The Morgan fingerprint density at radius 1 is 1.06 bits per heavy atom. The van der Waals surface area contributed by atoms with Crippen LogP contribution in [0.3, 0.4) is 0 Å². The number of anilines is 1. The molecule has 2 aromatic carbocycles. The van der Waals surface area contributed by atoms with Gasteiger partial charge >= 0.3 is 0 Å². The van der Waals surface area contributed by atoms with Gasteiger partial charge in [0.25, 0.3) is 0 Å². The molecule has 6 heteroatoms. The molecule has 0 spiro atoms. The van der Waals surface area contributed by atoms with E-state index in [0.717, 1.165) is 51.5 Å². The highest BCUT2D eigenvalue weighted by Gasteiger charge is 2.24. The van der Waals surface area contributed by atoms with Crippen molar-refractivity contribution >= 4 is 46.1 Å². The van der Waals surface area contributed by atoms with Crippen molar-refractivity contribution in [2.75, 3.05) is 11.9 Å². The van der Waals surface area contributed by atoms with E-state index in [1.165, 1.54) is 0 Å². The number of hydrogen-bond acceptors (Lipinski definition) is 3. The van der Waals surface area contributed by atoms with Crippen molar-refractivity contribution in [1.29, 1.82) is 0 Å². The molecule has 4 rings (SSSR count). The highest BCUT2D eigenvalue weighted by Crippen LogP contribution is 2.46. The number of fused-ring (bicyclic) bond motifs is 2. The number of hydrogen-bond donors (Lipinski definition) is 2. The van der Waals surface area contributed by atoms with Crippen LogP contribution in [0.5, 0.6) is 0 Å². The van der Waals surface area contributed by atoms with Gasteiger partial charge in [0, 0.05) is 50.0 Å². The predicted molar refractivity (Wildman–Crippen MR) is 132 cm³/mol. The summed E-state index contributed by atoms with van der Waals surface area (Å²) in [5.41, 5.74) is 6.22. The first-order valence-corrected chi connectivity index (χ1v) is 11.0. The first kappa shape index (κ1) is 22.1. The van der Waals surface area contributed by atoms with Gasteiger partial charge in [-0.1, -0.05) is 29.8 Å². The highest BCUT2D eigenvalue weighted by atomic mass is 35.5. The number of rotatable bonds is 5. The third kappa shape index (κ3) is 3.70. The Hall–Kier alpha value is -3.08. The summed E-state index contributed by atoms with van der Waals surface area (Å²) in [7, 11) is 0. The van der Waals surface area contributed by atoms with Crippen LogP contribution in [-0.4, -0.2) is 12.8 Å². The third-order valence-corrected chi connectivity index (χ3v) is 6.19. The maximum atomic E-state index is 12.1. The first-order valence-electron chi connectivity index (χ1n) is 10.3. The van der Waals surface area contributed by atoms with Crippen LogP contribution in [0.4, 0.5) is 5.69 Å². The molecule has 0 unspecified atom stereocenters. The molecule has 0 bridgehead atoms. The minimum absolute atomic E-state index is 0.351. The van der Waals surface area contributed by atoms with Crippen LogP contribution in [0, 0.1) is 13.8 Å². The molecule has 0 fully saturated rings. The number of aryl methyl sites for hydroxylation is 2. The topological polar surface area (TPSA) is 56.2 Å². The Labute approximate surface area is 196 Å². The summed E-state index contributed by atoms with van der Waals surface area (Å²) in [5.74, 6) is 0.676. The summed E-state index contributed by atoms with van der Waals surface area (Å²) in [6.07, 6.45) is 2.38. The Kier molecular flexibility index (Phi) is 6.09. The van der Waals surface area contributed by atoms with Crippen LogP contribution in [-0.2, 0) is 0 Å². The summed E-state index contributed by atoms with van der Waals surface area (Å²) in [6, 6.07) is 11.4. The molecule has 32 heavy (non-hydrogen) atoms. The number of carbonyl (C=O) groups excluding carboxylic acids is 1. The zero-order chi connectivity index (χ0) is 23.0. The quantitative estimate of drug-likeness (QED) is 0.302. The second kappa shape index (κ2) is 8.81. The van der Waals surface area contributed by atoms with Crippen molar-refractivity contribution in [3.05, 3.63) is 81.3 Å². The molecule has 0 radical (unpaired) electrons. The zero-order valence-electron chi connectivity index (χ0n) is 18.1. The van der Waals surface area contributed by atoms with Crippen molar-refractivity contribution in [3.8, 4) is 22.5 Å². The predicted octanol–water partition coefficient (Wildman–Crippen LogP) is 5.50. The average molecular weight is 466 g/mol. The van der Waals surface area contributed by atoms with Gasteiger partial charge in [-0.2, -0.15) is 0 Å². The molecule has 0 aromatic heterocycles. The number of halogens is 2. The second-order valence-corrected chi connectivity index (χ2v) is 8.43.